The van der Waals surface area contributed by atoms with E-state index in [1.807, 2.05) is 6.92 Å². The van der Waals surface area contributed by atoms with E-state index in [4.69, 9.17) is 5.73 Å². The summed E-state index contributed by atoms with van der Waals surface area (Å²) in [5, 5.41) is 12.2. The molecule has 1 aromatic rings. The lowest BCUT2D eigenvalue weighted by atomic mass is 10.2. The molecule has 15 heavy (non-hydrogen) atoms. The number of hydrogen-bond acceptors (Lipinski definition) is 3. The zero-order valence-electron chi connectivity index (χ0n) is 8.43. The van der Waals surface area contributed by atoms with Crippen LogP contribution in [0, 0.1) is 5.82 Å². The van der Waals surface area contributed by atoms with E-state index < -0.39 is 6.10 Å². The van der Waals surface area contributed by atoms with Crippen LogP contribution in [0.15, 0.2) is 16.6 Å². The van der Waals surface area contributed by atoms with Crippen molar-refractivity contribution in [3.8, 4) is 0 Å². The van der Waals surface area contributed by atoms with Crippen LogP contribution in [0.4, 0.5) is 15.8 Å². The molecule has 0 aliphatic heterocycles. The number of benzene rings is 1. The molecular weight excluding hydrogens is 263 g/mol. The van der Waals surface area contributed by atoms with Gasteiger partial charge in [0.1, 0.15) is 5.82 Å². The minimum Gasteiger partial charge on any atom is -0.397 e. The summed E-state index contributed by atoms with van der Waals surface area (Å²) in [5.74, 6) is -0.377. The summed E-state index contributed by atoms with van der Waals surface area (Å²) in [7, 11) is 0. The monoisotopic (exact) mass is 276 g/mol. The number of anilines is 2. The van der Waals surface area contributed by atoms with Crippen molar-refractivity contribution in [1.29, 1.82) is 0 Å². The molecule has 3 nitrogen and oxygen atoms in total. The Morgan fingerprint density at radius 3 is 2.87 bits per heavy atom. The van der Waals surface area contributed by atoms with E-state index in [2.05, 4.69) is 21.2 Å². The maximum atomic E-state index is 13.2. The average molecular weight is 277 g/mol. The van der Waals surface area contributed by atoms with Gasteiger partial charge in [-0.1, -0.05) is 6.92 Å². The molecule has 1 rings (SSSR count). The van der Waals surface area contributed by atoms with Gasteiger partial charge in [0.25, 0.3) is 0 Å². The number of nitrogen functional groups attached to an aromatic ring is 1. The fourth-order valence-corrected chi connectivity index (χ4v) is 1.45. The average Bonchev–Trinajstić information content (AvgIpc) is 2.21. The molecule has 0 aliphatic carbocycles. The van der Waals surface area contributed by atoms with Gasteiger partial charge < -0.3 is 16.2 Å². The smallest absolute Gasteiger partial charge is 0.139 e. The van der Waals surface area contributed by atoms with Gasteiger partial charge in [-0.3, -0.25) is 0 Å². The molecule has 1 unspecified atom stereocenters. The van der Waals surface area contributed by atoms with Crippen molar-refractivity contribution in [3.63, 3.8) is 0 Å². The lowest BCUT2D eigenvalue weighted by molar-refractivity contribution is 0.183. The zero-order chi connectivity index (χ0) is 11.4. The van der Waals surface area contributed by atoms with Crippen LogP contribution in [0.25, 0.3) is 0 Å². The minimum absolute atomic E-state index is 0.335. The second-order valence-electron chi connectivity index (χ2n) is 3.30. The first kappa shape index (κ1) is 12.3. The van der Waals surface area contributed by atoms with Gasteiger partial charge in [0.05, 0.1) is 22.0 Å². The van der Waals surface area contributed by atoms with Crippen molar-refractivity contribution in [1.82, 2.24) is 0 Å². The number of rotatable bonds is 4. The van der Waals surface area contributed by atoms with Crippen molar-refractivity contribution in [2.45, 2.75) is 19.4 Å². The van der Waals surface area contributed by atoms with Gasteiger partial charge in [0, 0.05) is 12.6 Å². The first-order valence-electron chi connectivity index (χ1n) is 4.71. The van der Waals surface area contributed by atoms with Crippen LogP contribution in [0.2, 0.25) is 0 Å². The quantitative estimate of drug-likeness (QED) is 0.740. The number of aliphatic hydroxyl groups excluding tert-OH is 1. The van der Waals surface area contributed by atoms with Gasteiger partial charge in [-0.05, 0) is 28.4 Å². The molecular formula is C10H14BrFN2O. The Morgan fingerprint density at radius 1 is 1.60 bits per heavy atom. The van der Waals surface area contributed by atoms with E-state index in [0.717, 1.165) is 0 Å². The number of nitrogens with two attached hydrogens (primary N) is 1. The Kier molecular flexibility index (Phi) is 4.35. The van der Waals surface area contributed by atoms with E-state index in [9.17, 15) is 9.50 Å². The summed E-state index contributed by atoms with van der Waals surface area (Å²) in [5.41, 5.74) is 6.63. The van der Waals surface area contributed by atoms with Gasteiger partial charge >= 0.3 is 0 Å². The second kappa shape index (κ2) is 5.32. The molecule has 0 aliphatic rings. The van der Waals surface area contributed by atoms with Crippen molar-refractivity contribution < 1.29 is 9.50 Å². The van der Waals surface area contributed by atoms with Gasteiger partial charge in [-0.25, -0.2) is 4.39 Å². The predicted molar refractivity (Wildman–Crippen MR) is 63.3 cm³/mol. The molecule has 5 heteroatoms. The normalized spacial score (nSPS) is 12.5. The van der Waals surface area contributed by atoms with Gasteiger partial charge in [-0.15, -0.1) is 0 Å². The SMILES string of the molecule is CCC(O)CNc1cc(F)c(Br)cc1N. The Morgan fingerprint density at radius 2 is 2.27 bits per heavy atom. The Balaban J connectivity index is 2.73. The van der Waals surface area contributed by atoms with Crippen LogP contribution in [0.1, 0.15) is 13.3 Å². The standard InChI is InChI=1S/C10H14BrFN2O/c1-2-6(15)5-14-10-4-8(12)7(11)3-9(10)13/h3-4,6,14-15H,2,5,13H2,1H3. The third-order valence-corrected chi connectivity index (χ3v) is 2.70. The maximum Gasteiger partial charge on any atom is 0.139 e. The summed E-state index contributed by atoms with van der Waals surface area (Å²) < 4.78 is 13.5. The molecule has 0 bridgehead atoms. The maximum absolute atomic E-state index is 13.2. The van der Waals surface area contributed by atoms with E-state index in [0.29, 0.717) is 28.8 Å². The summed E-state index contributed by atoms with van der Waals surface area (Å²) in [6.45, 7) is 2.24. The first-order chi connectivity index (χ1) is 7.04. The van der Waals surface area contributed by atoms with Crippen LogP contribution in [0.3, 0.4) is 0 Å². The van der Waals surface area contributed by atoms with Crippen molar-refractivity contribution in [2.24, 2.45) is 0 Å². The Bertz CT molecular complexity index is 346. The fourth-order valence-electron chi connectivity index (χ4n) is 1.09. The van der Waals surface area contributed by atoms with Crippen molar-refractivity contribution in [2.75, 3.05) is 17.6 Å². The highest BCUT2D eigenvalue weighted by molar-refractivity contribution is 9.10. The molecule has 0 saturated carbocycles. The molecule has 4 N–H and O–H groups in total. The van der Waals surface area contributed by atoms with Gasteiger partial charge in [-0.2, -0.15) is 0 Å². The first-order valence-corrected chi connectivity index (χ1v) is 5.50. The molecule has 0 saturated heterocycles. The van der Waals surface area contributed by atoms with Crippen molar-refractivity contribution >= 4 is 27.3 Å². The minimum atomic E-state index is -0.448. The number of hydrogen-bond donors (Lipinski definition) is 3. The fraction of sp³-hybridized carbons (Fsp3) is 0.400. The van der Waals surface area contributed by atoms with E-state index >= 15 is 0 Å². The molecule has 1 aromatic carbocycles. The van der Waals surface area contributed by atoms with Crippen molar-refractivity contribution in [3.05, 3.63) is 22.4 Å². The van der Waals surface area contributed by atoms with E-state index in [1.165, 1.54) is 12.1 Å². The highest BCUT2D eigenvalue weighted by Gasteiger charge is 2.07. The van der Waals surface area contributed by atoms with Gasteiger partial charge in [0.2, 0.25) is 0 Å². The van der Waals surface area contributed by atoms with Crippen LogP contribution in [0.5, 0.6) is 0 Å². The van der Waals surface area contributed by atoms with Crippen LogP contribution in [-0.2, 0) is 0 Å². The topological polar surface area (TPSA) is 58.3 Å². The van der Waals surface area contributed by atoms with Gasteiger partial charge in [0.15, 0.2) is 0 Å². The summed E-state index contributed by atoms with van der Waals surface area (Å²) in [6, 6.07) is 2.80. The third-order valence-electron chi connectivity index (χ3n) is 2.09. The highest BCUT2D eigenvalue weighted by atomic mass is 79.9. The second-order valence-corrected chi connectivity index (χ2v) is 4.15. The van der Waals surface area contributed by atoms with E-state index in [1.54, 1.807) is 0 Å². The third kappa shape index (κ3) is 3.35. The summed E-state index contributed by atoms with van der Waals surface area (Å²) in [4.78, 5) is 0. The molecule has 0 radical (unpaired) electrons. The molecule has 0 spiro atoms. The summed E-state index contributed by atoms with van der Waals surface area (Å²) >= 11 is 3.04. The highest BCUT2D eigenvalue weighted by Crippen LogP contribution is 2.26. The Labute approximate surface area is 96.6 Å². The molecule has 84 valence electrons. The largest absolute Gasteiger partial charge is 0.397 e. The zero-order valence-corrected chi connectivity index (χ0v) is 10.0. The number of nitrogens with one attached hydrogen (secondary N) is 1. The Hall–Kier alpha value is -0.810. The van der Waals surface area contributed by atoms with E-state index in [-0.39, 0.29) is 5.82 Å². The molecule has 0 fully saturated rings. The molecule has 0 aromatic heterocycles. The lowest BCUT2D eigenvalue weighted by Crippen LogP contribution is -2.18. The van der Waals surface area contributed by atoms with Crippen LogP contribution < -0.4 is 11.1 Å². The van der Waals surface area contributed by atoms with Crippen LogP contribution >= 0.6 is 15.9 Å². The molecule has 0 heterocycles. The number of halogens is 2. The number of aliphatic hydroxyl groups is 1. The molecule has 1 atom stereocenters. The molecule has 0 amide bonds. The lowest BCUT2D eigenvalue weighted by Gasteiger charge is -2.13. The predicted octanol–water partition coefficient (Wildman–Crippen LogP) is 2.35. The van der Waals surface area contributed by atoms with Crippen LogP contribution in [-0.4, -0.2) is 17.8 Å². The summed E-state index contributed by atoms with van der Waals surface area (Å²) in [6.07, 6.45) is 0.197.